The van der Waals surface area contributed by atoms with Crippen molar-refractivity contribution in [2.24, 2.45) is 0 Å². The lowest BCUT2D eigenvalue weighted by atomic mass is 10.2. The van der Waals surface area contributed by atoms with Crippen molar-refractivity contribution in [3.8, 4) is 5.75 Å². The largest absolute Gasteiger partial charge is 0.507 e. The summed E-state index contributed by atoms with van der Waals surface area (Å²) >= 11 is 6.62. The molecular formula is C20H16ClN3O5S. The Labute approximate surface area is 180 Å². The van der Waals surface area contributed by atoms with Crippen LogP contribution in [0.1, 0.15) is 22.3 Å². The lowest BCUT2D eigenvalue weighted by Gasteiger charge is -2.13. The molecule has 0 aliphatic carbocycles. The Morgan fingerprint density at radius 2 is 1.77 bits per heavy atom. The molecule has 1 aliphatic heterocycles. The van der Waals surface area contributed by atoms with Crippen LogP contribution in [0, 0.1) is 0 Å². The third-order valence-corrected chi connectivity index (χ3v) is 5.23. The van der Waals surface area contributed by atoms with Crippen molar-refractivity contribution in [1.29, 1.82) is 0 Å². The number of nitrogens with one attached hydrogen (secondary N) is 2. The quantitative estimate of drug-likeness (QED) is 0.481. The Morgan fingerprint density at radius 3 is 2.47 bits per heavy atom. The van der Waals surface area contributed by atoms with E-state index in [-0.39, 0.29) is 29.2 Å². The Kier molecular flexibility index (Phi) is 6.76. The number of carbonyl (C=O) groups excluding carboxylic acids is 4. The van der Waals surface area contributed by atoms with Crippen LogP contribution in [0.3, 0.4) is 0 Å². The molecule has 0 atom stereocenters. The van der Waals surface area contributed by atoms with Crippen molar-refractivity contribution in [1.82, 2.24) is 15.8 Å². The van der Waals surface area contributed by atoms with Crippen molar-refractivity contribution in [3.05, 3.63) is 69.6 Å². The van der Waals surface area contributed by atoms with Crippen molar-refractivity contribution in [2.45, 2.75) is 6.42 Å². The topological polar surface area (TPSA) is 116 Å². The van der Waals surface area contributed by atoms with Gasteiger partial charge in [-0.3, -0.25) is 34.9 Å². The molecule has 8 nitrogen and oxygen atoms in total. The Bertz CT molecular complexity index is 1040. The van der Waals surface area contributed by atoms with Gasteiger partial charge in [-0.05, 0) is 47.7 Å². The number of hydrogen-bond donors (Lipinski definition) is 3. The van der Waals surface area contributed by atoms with E-state index in [2.05, 4.69) is 10.9 Å². The number of rotatable bonds is 5. The van der Waals surface area contributed by atoms with Gasteiger partial charge in [0.2, 0.25) is 5.91 Å². The van der Waals surface area contributed by atoms with Crippen LogP contribution in [0.25, 0.3) is 6.08 Å². The smallest absolute Gasteiger partial charge is 0.293 e. The van der Waals surface area contributed by atoms with Crippen LogP contribution in [-0.2, 0) is 9.59 Å². The first kappa shape index (κ1) is 21.4. The number of aromatic hydroxyl groups is 1. The third-order valence-electron chi connectivity index (χ3n) is 4.07. The van der Waals surface area contributed by atoms with Gasteiger partial charge < -0.3 is 5.11 Å². The van der Waals surface area contributed by atoms with E-state index in [0.717, 1.165) is 22.2 Å². The molecule has 0 saturated carbocycles. The Morgan fingerprint density at radius 1 is 1.07 bits per heavy atom. The molecule has 4 amide bonds. The normalized spacial score (nSPS) is 14.8. The van der Waals surface area contributed by atoms with Gasteiger partial charge in [0.1, 0.15) is 5.75 Å². The highest BCUT2D eigenvalue weighted by Gasteiger charge is 2.35. The number of hydrogen-bond acceptors (Lipinski definition) is 6. The van der Waals surface area contributed by atoms with Gasteiger partial charge >= 0.3 is 0 Å². The minimum atomic E-state index is -0.696. The summed E-state index contributed by atoms with van der Waals surface area (Å²) in [5, 5.41) is 9.70. The van der Waals surface area contributed by atoms with Crippen molar-refractivity contribution < 1.29 is 24.3 Å². The summed E-state index contributed by atoms with van der Waals surface area (Å²) in [5.74, 6) is -2.02. The van der Waals surface area contributed by atoms with E-state index < -0.39 is 23.0 Å². The molecule has 2 aromatic rings. The van der Waals surface area contributed by atoms with E-state index >= 15 is 0 Å². The van der Waals surface area contributed by atoms with E-state index in [0.29, 0.717) is 5.02 Å². The summed E-state index contributed by atoms with van der Waals surface area (Å²) in [4.78, 5) is 49.7. The van der Waals surface area contributed by atoms with Gasteiger partial charge in [0.25, 0.3) is 17.1 Å². The SMILES string of the molecule is O=C(CCN1C(=O)S/C(=C/c2ccc(Cl)cc2)C1=O)NNC(=O)c1ccccc1O. The Balaban J connectivity index is 1.52. The van der Waals surface area contributed by atoms with Crippen LogP contribution in [0.5, 0.6) is 5.75 Å². The van der Waals surface area contributed by atoms with Gasteiger partial charge in [-0.15, -0.1) is 0 Å². The number of imide groups is 1. The fraction of sp³-hybridized carbons (Fsp3) is 0.100. The van der Waals surface area contributed by atoms with Gasteiger partial charge in [0, 0.05) is 18.0 Å². The number of nitrogens with zero attached hydrogens (tertiary/aromatic N) is 1. The summed E-state index contributed by atoms with van der Waals surface area (Å²) in [6, 6.07) is 12.6. The minimum Gasteiger partial charge on any atom is -0.507 e. The summed E-state index contributed by atoms with van der Waals surface area (Å²) in [6.45, 7) is -0.138. The molecule has 154 valence electrons. The molecule has 1 aliphatic rings. The van der Waals surface area contributed by atoms with Crippen LogP contribution < -0.4 is 10.9 Å². The van der Waals surface area contributed by atoms with Gasteiger partial charge in [0.05, 0.1) is 10.5 Å². The number of amides is 4. The maximum absolute atomic E-state index is 12.4. The van der Waals surface area contributed by atoms with Crippen LogP contribution in [-0.4, -0.2) is 39.5 Å². The van der Waals surface area contributed by atoms with E-state index in [1.54, 1.807) is 42.5 Å². The van der Waals surface area contributed by atoms with E-state index in [1.807, 2.05) is 0 Å². The molecule has 0 aromatic heterocycles. The Hall–Kier alpha value is -3.30. The van der Waals surface area contributed by atoms with Crippen LogP contribution in [0.2, 0.25) is 5.02 Å². The lowest BCUT2D eigenvalue weighted by molar-refractivity contribution is -0.124. The number of carbonyl (C=O) groups is 4. The summed E-state index contributed by atoms with van der Waals surface area (Å²) in [6.07, 6.45) is 1.38. The number of hydrazine groups is 1. The molecule has 0 unspecified atom stereocenters. The average Bonchev–Trinajstić information content (AvgIpc) is 2.99. The van der Waals surface area contributed by atoms with Gasteiger partial charge in [-0.25, -0.2) is 0 Å². The van der Waals surface area contributed by atoms with E-state index in [1.165, 1.54) is 12.1 Å². The zero-order valence-electron chi connectivity index (χ0n) is 15.4. The standard InChI is InChI=1S/C20H16ClN3O5S/c21-13-7-5-12(6-8-13)11-16-19(28)24(20(29)30-16)10-9-17(26)22-23-18(27)14-3-1-2-4-15(14)25/h1-8,11,25H,9-10H2,(H,22,26)(H,23,27)/b16-11+. The van der Waals surface area contributed by atoms with Crippen molar-refractivity contribution >= 4 is 52.4 Å². The zero-order valence-corrected chi connectivity index (χ0v) is 17.0. The van der Waals surface area contributed by atoms with Gasteiger partial charge in [-0.1, -0.05) is 35.9 Å². The predicted octanol–water partition coefficient (Wildman–Crippen LogP) is 2.93. The van der Waals surface area contributed by atoms with Gasteiger partial charge in [0.15, 0.2) is 0 Å². The van der Waals surface area contributed by atoms with Gasteiger partial charge in [-0.2, -0.15) is 0 Å². The summed E-state index contributed by atoms with van der Waals surface area (Å²) in [7, 11) is 0. The molecule has 1 fully saturated rings. The highest BCUT2D eigenvalue weighted by Crippen LogP contribution is 2.32. The number of phenolic OH excluding ortho intramolecular Hbond substituents is 1. The number of para-hydroxylation sites is 1. The second-order valence-electron chi connectivity index (χ2n) is 6.15. The molecule has 1 heterocycles. The lowest BCUT2D eigenvalue weighted by Crippen LogP contribution is -2.43. The molecule has 2 aromatic carbocycles. The molecule has 30 heavy (non-hydrogen) atoms. The first-order valence-corrected chi connectivity index (χ1v) is 9.92. The second kappa shape index (κ2) is 9.47. The zero-order chi connectivity index (χ0) is 21.7. The van der Waals surface area contributed by atoms with Crippen LogP contribution >= 0.6 is 23.4 Å². The van der Waals surface area contributed by atoms with Crippen LogP contribution in [0.4, 0.5) is 4.79 Å². The number of phenols is 1. The van der Waals surface area contributed by atoms with Crippen molar-refractivity contribution in [3.63, 3.8) is 0 Å². The fourth-order valence-corrected chi connectivity index (χ4v) is 3.53. The molecule has 3 rings (SSSR count). The number of thioether (sulfide) groups is 1. The van der Waals surface area contributed by atoms with Crippen LogP contribution in [0.15, 0.2) is 53.4 Å². The molecule has 10 heteroatoms. The highest BCUT2D eigenvalue weighted by molar-refractivity contribution is 8.18. The van der Waals surface area contributed by atoms with Crippen molar-refractivity contribution in [2.75, 3.05) is 6.54 Å². The predicted molar refractivity (Wildman–Crippen MR) is 112 cm³/mol. The molecular weight excluding hydrogens is 430 g/mol. The molecule has 0 radical (unpaired) electrons. The fourth-order valence-electron chi connectivity index (χ4n) is 2.54. The first-order valence-electron chi connectivity index (χ1n) is 8.73. The van der Waals surface area contributed by atoms with E-state index in [4.69, 9.17) is 11.6 Å². The molecule has 0 spiro atoms. The number of halogens is 1. The average molecular weight is 446 g/mol. The van der Waals surface area contributed by atoms with E-state index in [9.17, 15) is 24.3 Å². The highest BCUT2D eigenvalue weighted by atomic mass is 35.5. The second-order valence-corrected chi connectivity index (χ2v) is 7.58. The minimum absolute atomic E-state index is 0.00363. The maximum Gasteiger partial charge on any atom is 0.293 e. The molecule has 1 saturated heterocycles. The number of benzene rings is 2. The first-order chi connectivity index (χ1) is 14.3. The summed E-state index contributed by atoms with van der Waals surface area (Å²) in [5.41, 5.74) is 5.07. The maximum atomic E-state index is 12.4. The molecule has 0 bridgehead atoms. The summed E-state index contributed by atoms with van der Waals surface area (Å²) < 4.78 is 0. The molecule has 3 N–H and O–H groups in total. The third kappa shape index (κ3) is 5.19. The monoisotopic (exact) mass is 445 g/mol.